The number of carbonyl (C=O) groups is 1. The van der Waals surface area contributed by atoms with E-state index in [2.05, 4.69) is 34.0 Å². The molecule has 0 bridgehead atoms. The van der Waals surface area contributed by atoms with Gasteiger partial charge in [-0.1, -0.05) is 40.2 Å². The highest BCUT2D eigenvalue weighted by atomic mass is 31.2. The molecule has 0 aromatic carbocycles. The van der Waals surface area contributed by atoms with Gasteiger partial charge in [-0.05, 0) is 19.3 Å². The van der Waals surface area contributed by atoms with E-state index in [1.165, 1.54) is 44.1 Å². The van der Waals surface area contributed by atoms with Crippen molar-refractivity contribution in [2.24, 2.45) is 0 Å². The van der Waals surface area contributed by atoms with Gasteiger partial charge in [0.05, 0.1) is 26.3 Å². The first-order valence-electron chi connectivity index (χ1n) is 7.71. The van der Waals surface area contributed by atoms with E-state index in [0.717, 1.165) is 12.8 Å². The lowest BCUT2D eigenvalue weighted by Gasteiger charge is -2.31. The summed E-state index contributed by atoms with van der Waals surface area (Å²) >= 11 is 0. The zero-order chi connectivity index (χ0) is 14.7. The first-order chi connectivity index (χ1) is 9.03. The molecule has 0 rings (SSSR count). The Morgan fingerprint density at radius 2 is 1.68 bits per heavy atom. The van der Waals surface area contributed by atoms with Crippen molar-refractivity contribution >= 4 is 13.2 Å². The van der Waals surface area contributed by atoms with Crippen molar-refractivity contribution in [3.05, 3.63) is 12.7 Å². The Hall–Kier alpha value is -0.360. The highest BCUT2D eigenvalue weighted by Gasteiger charge is 2.41. The van der Waals surface area contributed by atoms with Gasteiger partial charge >= 0.3 is 5.97 Å². The SMILES string of the molecule is C=CC(=O)OC(CCC)[P+](C)(CCCC)CCCC. The monoisotopic (exact) mass is 287 g/mol. The van der Waals surface area contributed by atoms with Crippen LogP contribution in [0.3, 0.4) is 0 Å². The topological polar surface area (TPSA) is 26.3 Å². The van der Waals surface area contributed by atoms with E-state index in [1.54, 1.807) is 0 Å². The van der Waals surface area contributed by atoms with E-state index in [4.69, 9.17) is 4.74 Å². The van der Waals surface area contributed by atoms with Gasteiger partial charge in [0.15, 0.2) is 0 Å². The van der Waals surface area contributed by atoms with Crippen LogP contribution in [0, 0.1) is 0 Å². The van der Waals surface area contributed by atoms with Crippen molar-refractivity contribution < 1.29 is 9.53 Å². The minimum absolute atomic E-state index is 0.140. The number of esters is 1. The van der Waals surface area contributed by atoms with E-state index in [0.29, 0.717) is 0 Å². The maximum Gasteiger partial charge on any atom is 0.333 e. The van der Waals surface area contributed by atoms with Crippen molar-refractivity contribution in [2.75, 3.05) is 19.0 Å². The molecule has 1 unspecified atom stereocenters. The van der Waals surface area contributed by atoms with Gasteiger partial charge in [0.1, 0.15) is 0 Å². The molecule has 0 saturated carbocycles. The summed E-state index contributed by atoms with van der Waals surface area (Å²) in [5.41, 5.74) is 0. The molecule has 0 amide bonds. The van der Waals surface area contributed by atoms with Gasteiger partial charge < -0.3 is 4.74 Å². The van der Waals surface area contributed by atoms with Crippen LogP contribution in [0.2, 0.25) is 0 Å². The molecule has 0 heterocycles. The summed E-state index contributed by atoms with van der Waals surface area (Å²) in [7, 11) is -1.19. The van der Waals surface area contributed by atoms with E-state index in [9.17, 15) is 4.79 Å². The second kappa shape index (κ2) is 10.4. The average Bonchev–Trinajstić information content (AvgIpc) is 2.42. The fourth-order valence-electron chi connectivity index (χ4n) is 2.37. The third kappa shape index (κ3) is 7.11. The van der Waals surface area contributed by atoms with Gasteiger partial charge in [-0.2, -0.15) is 0 Å². The van der Waals surface area contributed by atoms with Gasteiger partial charge in [0.25, 0.3) is 0 Å². The molecule has 0 radical (unpaired) electrons. The molecule has 0 aliphatic carbocycles. The third-order valence-corrected chi connectivity index (χ3v) is 8.12. The van der Waals surface area contributed by atoms with Crippen LogP contribution in [0.5, 0.6) is 0 Å². The Labute approximate surface area is 120 Å². The van der Waals surface area contributed by atoms with Crippen LogP contribution in [0.1, 0.15) is 59.3 Å². The maximum absolute atomic E-state index is 11.6. The Morgan fingerprint density at radius 1 is 1.16 bits per heavy atom. The van der Waals surface area contributed by atoms with Crippen LogP contribution in [0.25, 0.3) is 0 Å². The fourth-order valence-corrected chi connectivity index (χ4v) is 6.48. The smallest absolute Gasteiger partial charge is 0.333 e. The summed E-state index contributed by atoms with van der Waals surface area (Å²) in [5, 5.41) is 0. The highest BCUT2D eigenvalue weighted by molar-refractivity contribution is 7.75. The number of unbranched alkanes of at least 4 members (excludes halogenated alkanes) is 2. The van der Waals surface area contributed by atoms with Gasteiger partial charge in [0.2, 0.25) is 5.85 Å². The largest absolute Gasteiger partial charge is 0.424 e. The van der Waals surface area contributed by atoms with Crippen molar-refractivity contribution in [3.63, 3.8) is 0 Å². The predicted molar refractivity (Wildman–Crippen MR) is 87.4 cm³/mol. The lowest BCUT2D eigenvalue weighted by atomic mass is 10.3. The number of hydrogen-bond donors (Lipinski definition) is 0. The van der Waals surface area contributed by atoms with Crippen LogP contribution < -0.4 is 0 Å². The summed E-state index contributed by atoms with van der Waals surface area (Å²) in [6.45, 7) is 12.5. The molecular formula is C16H32O2P+. The maximum atomic E-state index is 11.6. The van der Waals surface area contributed by atoms with Crippen molar-refractivity contribution in [3.8, 4) is 0 Å². The van der Waals surface area contributed by atoms with Crippen LogP contribution >= 0.6 is 7.26 Å². The molecule has 0 aromatic rings. The van der Waals surface area contributed by atoms with Gasteiger partial charge in [0, 0.05) is 12.5 Å². The molecule has 112 valence electrons. The standard InChI is InChI=1S/C16H32O2P/c1-6-10-13-19(5,14-11-7-2)16(12-8-3)18-15(17)9-4/h9,16H,4,6-8,10-14H2,1-3,5H3/q+1. The average molecular weight is 287 g/mol. The minimum atomic E-state index is -1.19. The van der Waals surface area contributed by atoms with E-state index in [1.807, 2.05) is 0 Å². The van der Waals surface area contributed by atoms with Crippen LogP contribution in [0.15, 0.2) is 12.7 Å². The number of ether oxygens (including phenoxy) is 1. The van der Waals surface area contributed by atoms with Crippen LogP contribution in [0.4, 0.5) is 0 Å². The zero-order valence-corrected chi connectivity index (χ0v) is 14.2. The third-order valence-electron chi connectivity index (χ3n) is 3.69. The summed E-state index contributed by atoms with van der Waals surface area (Å²) in [6, 6.07) is 0. The van der Waals surface area contributed by atoms with E-state index >= 15 is 0 Å². The molecule has 2 nitrogen and oxygen atoms in total. The molecular weight excluding hydrogens is 255 g/mol. The van der Waals surface area contributed by atoms with E-state index < -0.39 is 7.26 Å². The zero-order valence-electron chi connectivity index (χ0n) is 13.3. The Morgan fingerprint density at radius 3 is 2.05 bits per heavy atom. The molecule has 0 fully saturated rings. The first kappa shape index (κ1) is 18.6. The molecule has 0 N–H and O–H groups in total. The second-order valence-corrected chi connectivity index (χ2v) is 9.95. The molecule has 0 spiro atoms. The lowest BCUT2D eigenvalue weighted by Crippen LogP contribution is -2.24. The second-order valence-electron chi connectivity index (χ2n) is 5.52. The van der Waals surface area contributed by atoms with Gasteiger partial charge in [-0.3, -0.25) is 0 Å². The summed E-state index contributed by atoms with van der Waals surface area (Å²) in [4.78, 5) is 11.6. The van der Waals surface area contributed by atoms with E-state index in [-0.39, 0.29) is 11.8 Å². The Bertz CT molecular complexity index is 255. The summed E-state index contributed by atoms with van der Waals surface area (Å²) in [5.74, 6) is -0.112. The molecule has 0 saturated heterocycles. The predicted octanol–water partition coefficient (Wildman–Crippen LogP) is 5.09. The number of hydrogen-bond acceptors (Lipinski definition) is 2. The molecule has 3 heteroatoms. The van der Waals surface area contributed by atoms with Crippen molar-refractivity contribution in [1.82, 2.24) is 0 Å². The Balaban J connectivity index is 4.86. The quantitative estimate of drug-likeness (QED) is 0.300. The molecule has 1 atom stereocenters. The first-order valence-corrected chi connectivity index (χ1v) is 10.4. The number of rotatable bonds is 11. The summed E-state index contributed by atoms with van der Waals surface area (Å²) in [6.07, 6.45) is 10.8. The van der Waals surface area contributed by atoms with Crippen molar-refractivity contribution in [2.45, 2.75) is 65.1 Å². The Kier molecular flexibility index (Phi) is 10.2. The number of carbonyl (C=O) groups excluding carboxylic acids is 1. The minimum Gasteiger partial charge on any atom is -0.424 e. The van der Waals surface area contributed by atoms with Crippen molar-refractivity contribution in [1.29, 1.82) is 0 Å². The molecule has 0 aliphatic heterocycles. The van der Waals surface area contributed by atoms with Crippen LogP contribution in [-0.4, -0.2) is 30.8 Å². The molecule has 19 heavy (non-hydrogen) atoms. The van der Waals surface area contributed by atoms with Crippen LogP contribution in [-0.2, 0) is 9.53 Å². The van der Waals surface area contributed by atoms with Gasteiger partial charge in [-0.25, -0.2) is 4.79 Å². The lowest BCUT2D eigenvalue weighted by molar-refractivity contribution is -0.139. The molecule has 0 aromatic heterocycles. The fraction of sp³-hybridized carbons (Fsp3) is 0.812. The van der Waals surface area contributed by atoms with Gasteiger partial charge in [-0.15, -0.1) is 0 Å². The molecule has 0 aliphatic rings. The highest BCUT2D eigenvalue weighted by Crippen LogP contribution is 2.62. The normalized spacial score (nSPS) is 13.1. The summed E-state index contributed by atoms with van der Waals surface area (Å²) < 4.78 is 5.69.